The van der Waals surface area contributed by atoms with E-state index in [9.17, 15) is 4.79 Å². The van der Waals surface area contributed by atoms with Gasteiger partial charge in [-0.2, -0.15) is 0 Å². The Balaban J connectivity index is 1.82. The standard InChI is InChI=1S/C18H30IO2/c1-11(2)18(21-17(20)12(3)10-19-4)15-6-13-5-14(8-15)9-16(18)7-13/h11-16H,5-10H2,1-4H3/q-1. The van der Waals surface area contributed by atoms with Crippen LogP contribution in [0.4, 0.5) is 0 Å². The molecule has 0 amide bonds. The molecule has 21 heavy (non-hydrogen) atoms. The Hall–Kier alpha value is 0.200. The van der Waals surface area contributed by atoms with Crippen LogP contribution in [-0.4, -0.2) is 20.9 Å². The average Bonchev–Trinajstić information content (AvgIpc) is 2.41. The summed E-state index contributed by atoms with van der Waals surface area (Å²) in [5.74, 6) is 3.80. The Morgan fingerprint density at radius 2 is 1.62 bits per heavy atom. The van der Waals surface area contributed by atoms with E-state index >= 15 is 0 Å². The number of halogens is 1. The van der Waals surface area contributed by atoms with E-state index in [1.165, 1.54) is 32.1 Å². The Kier molecular flexibility index (Phi) is 4.60. The zero-order valence-electron chi connectivity index (χ0n) is 13.9. The Labute approximate surface area is 140 Å². The van der Waals surface area contributed by atoms with Crippen molar-refractivity contribution in [2.75, 3.05) is 9.36 Å². The van der Waals surface area contributed by atoms with Gasteiger partial charge in [0.25, 0.3) is 0 Å². The van der Waals surface area contributed by atoms with Gasteiger partial charge in [-0.05, 0) is 0 Å². The molecule has 4 bridgehead atoms. The molecule has 4 aliphatic carbocycles. The minimum atomic E-state index is -0.134. The van der Waals surface area contributed by atoms with Crippen molar-refractivity contribution in [1.29, 1.82) is 0 Å². The van der Waals surface area contributed by atoms with Crippen LogP contribution in [0.25, 0.3) is 0 Å². The molecule has 2 nitrogen and oxygen atoms in total. The van der Waals surface area contributed by atoms with Gasteiger partial charge in [-0.1, -0.05) is 0 Å². The number of esters is 1. The van der Waals surface area contributed by atoms with Gasteiger partial charge in [0, 0.05) is 0 Å². The summed E-state index contributed by atoms with van der Waals surface area (Å²) in [6, 6.07) is 0. The molecule has 0 aromatic heterocycles. The molecule has 0 aliphatic heterocycles. The van der Waals surface area contributed by atoms with Gasteiger partial charge in [-0.15, -0.1) is 0 Å². The van der Waals surface area contributed by atoms with Gasteiger partial charge in [0.1, 0.15) is 0 Å². The van der Waals surface area contributed by atoms with Crippen LogP contribution >= 0.6 is 0 Å². The first-order valence-corrected chi connectivity index (χ1v) is 12.3. The molecule has 4 rings (SSSR count). The molecule has 0 saturated heterocycles. The SMILES string of the molecule is C[I-]CC(C)C(=O)OC1(C(C)C)C2CC3CC(C2)CC1C3. The minimum absolute atomic E-state index is 0.0951. The summed E-state index contributed by atoms with van der Waals surface area (Å²) in [6.45, 7) is 6.63. The molecular formula is C18H30IO2-. The number of hydrogen-bond acceptors (Lipinski definition) is 2. The molecule has 0 aromatic carbocycles. The van der Waals surface area contributed by atoms with Gasteiger partial charge in [0.15, 0.2) is 0 Å². The van der Waals surface area contributed by atoms with Crippen molar-refractivity contribution in [1.82, 2.24) is 0 Å². The van der Waals surface area contributed by atoms with Gasteiger partial charge in [0.05, 0.1) is 0 Å². The van der Waals surface area contributed by atoms with E-state index in [4.69, 9.17) is 4.74 Å². The van der Waals surface area contributed by atoms with Crippen molar-refractivity contribution >= 4 is 5.97 Å². The van der Waals surface area contributed by atoms with Crippen molar-refractivity contribution in [3.05, 3.63) is 0 Å². The van der Waals surface area contributed by atoms with Gasteiger partial charge in [0.2, 0.25) is 0 Å². The van der Waals surface area contributed by atoms with Crippen molar-refractivity contribution in [2.24, 2.45) is 35.5 Å². The van der Waals surface area contributed by atoms with Crippen molar-refractivity contribution in [3.8, 4) is 0 Å². The molecule has 4 saturated carbocycles. The summed E-state index contributed by atoms with van der Waals surface area (Å²) < 4.78 is 7.43. The zero-order chi connectivity index (χ0) is 15.2. The number of hydrogen-bond donors (Lipinski definition) is 0. The summed E-state index contributed by atoms with van der Waals surface area (Å²) in [6.07, 6.45) is 6.70. The molecule has 0 aromatic rings. The second-order valence-corrected chi connectivity index (χ2v) is 10.5. The summed E-state index contributed by atoms with van der Waals surface area (Å²) >= 11 is 0.163. The maximum atomic E-state index is 12.6. The van der Waals surface area contributed by atoms with Crippen molar-refractivity contribution < 1.29 is 30.7 Å². The number of alkyl halides is 2. The predicted molar refractivity (Wildman–Crippen MR) is 80.7 cm³/mol. The van der Waals surface area contributed by atoms with Gasteiger partial charge < -0.3 is 0 Å². The van der Waals surface area contributed by atoms with Crippen LogP contribution in [0, 0.1) is 35.5 Å². The second kappa shape index (κ2) is 6.01. The normalized spacial score (nSPS) is 42.5. The molecule has 0 N–H and O–H groups in total. The van der Waals surface area contributed by atoms with Crippen molar-refractivity contribution in [2.45, 2.75) is 58.5 Å². The second-order valence-electron chi connectivity index (χ2n) is 8.06. The fourth-order valence-corrected chi connectivity index (χ4v) is 7.40. The molecule has 4 fully saturated rings. The third-order valence-corrected chi connectivity index (χ3v) is 8.58. The molecular weight excluding hydrogens is 375 g/mol. The summed E-state index contributed by atoms with van der Waals surface area (Å²) in [4.78, 5) is 14.9. The topological polar surface area (TPSA) is 26.3 Å². The molecule has 0 radical (unpaired) electrons. The first-order chi connectivity index (χ1) is 9.97. The molecule has 122 valence electrons. The van der Waals surface area contributed by atoms with Crippen LogP contribution < -0.4 is 21.2 Å². The summed E-state index contributed by atoms with van der Waals surface area (Å²) in [5, 5.41) is 0. The Bertz CT molecular complexity index is 376. The van der Waals surface area contributed by atoms with Crippen LogP contribution in [0.5, 0.6) is 0 Å². The maximum absolute atomic E-state index is 12.6. The van der Waals surface area contributed by atoms with Crippen LogP contribution in [0.15, 0.2) is 0 Å². The van der Waals surface area contributed by atoms with Gasteiger partial charge in [-0.3, -0.25) is 0 Å². The molecule has 1 unspecified atom stereocenters. The van der Waals surface area contributed by atoms with E-state index in [0.717, 1.165) is 16.3 Å². The number of carbonyl (C=O) groups excluding carboxylic acids is 1. The Morgan fingerprint density at radius 1 is 1.10 bits per heavy atom. The van der Waals surface area contributed by atoms with Crippen LogP contribution in [0.1, 0.15) is 52.9 Å². The third-order valence-electron chi connectivity index (χ3n) is 6.38. The fourth-order valence-electron chi connectivity index (χ4n) is 5.72. The van der Waals surface area contributed by atoms with E-state index in [-0.39, 0.29) is 38.7 Å². The van der Waals surface area contributed by atoms with Gasteiger partial charge >= 0.3 is 140 Å². The quantitative estimate of drug-likeness (QED) is 0.383. The zero-order valence-corrected chi connectivity index (χ0v) is 16.1. The van der Waals surface area contributed by atoms with Crippen molar-refractivity contribution in [3.63, 3.8) is 0 Å². The first-order valence-electron chi connectivity index (χ1n) is 8.64. The fraction of sp³-hybridized carbons (Fsp3) is 0.944. The Morgan fingerprint density at radius 3 is 2.05 bits per heavy atom. The van der Waals surface area contributed by atoms with Crippen LogP contribution in [-0.2, 0) is 9.53 Å². The number of ether oxygens (including phenoxy) is 1. The predicted octanol–water partition coefficient (Wildman–Crippen LogP) is 0.735. The van der Waals surface area contributed by atoms with E-state index < -0.39 is 0 Å². The summed E-state index contributed by atoms with van der Waals surface area (Å²) in [5.41, 5.74) is -0.134. The van der Waals surface area contributed by atoms with E-state index in [2.05, 4.69) is 25.7 Å². The molecule has 1 atom stereocenters. The van der Waals surface area contributed by atoms with Crippen LogP contribution in [0.2, 0.25) is 0 Å². The molecule has 4 aliphatic rings. The van der Waals surface area contributed by atoms with Gasteiger partial charge in [-0.25, -0.2) is 0 Å². The van der Waals surface area contributed by atoms with E-state index in [1.807, 2.05) is 0 Å². The molecule has 0 heterocycles. The van der Waals surface area contributed by atoms with E-state index in [0.29, 0.717) is 17.8 Å². The molecule has 0 spiro atoms. The average molecular weight is 405 g/mol. The monoisotopic (exact) mass is 405 g/mol. The van der Waals surface area contributed by atoms with Crippen LogP contribution in [0.3, 0.4) is 0 Å². The number of carbonyl (C=O) groups is 1. The molecule has 3 heteroatoms. The summed E-state index contributed by atoms with van der Waals surface area (Å²) in [7, 11) is 0. The third kappa shape index (κ3) is 2.66. The van der Waals surface area contributed by atoms with E-state index in [1.54, 1.807) is 0 Å². The first kappa shape index (κ1) is 16.1. The number of rotatable bonds is 5.